The maximum Gasteiger partial charge on any atom is -0.0391 e. The summed E-state index contributed by atoms with van der Waals surface area (Å²) in [4.78, 5) is 0. The Labute approximate surface area is 260 Å². The van der Waals surface area contributed by atoms with E-state index >= 15 is 0 Å². The fourth-order valence-electron chi connectivity index (χ4n) is 4.29. The molecule has 0 amide bonds. The van der Waals surface area contributed by atoms with Gasteiger partial charge in [-0.3, -0.25) is 0 Å². The van der Waals surface area contributed by atoms with Crippen molar-refractivity contribution in [3.05, 3.63) is 0 Å². The van der Waals surface area contributed by atoms with E-state index in [0.29, 0.717) is 0 Å². The van der Waals surface area contributed by atoms with Gasteiger partial charge in [0.05, 0.1) is 0 Å². The van der Waals surface area contributed by atoms with Crippen molar-refractivity contribution in [3.63, 3.8) is 0 Å². The standard InChI is InChI=1S/C11H24.2C10H22.C9H20/c1-8(2)10(5)7-11(6)9(3)4;1-8(2)6-7-10(5)9(3)4;1-7(2)9(5)10(6)8(3)4;1-7(2)6-9(5)8(3)4/h8-11H,7H2,1-6H3;8-10H,6-7H2,1-5H3;7-10H,1-6H3;7-9H,6H2,1-5H3. The lowest BCUT2D eigenvalue weighted by molar-refractivity contribution is 0.235. The minimum absolute atomic E-state index is 0.831. The third kappa shape index (κ3) is 30.9. The molecule has 6 atom stereocenters. The first-order chi connectivity index (χ1) is 18.0. The molecule has 0 nitrogen and oxygen atoms in total. The van der Waals surface area contributed by atoms with Crippen LogP contribution < -0.4 is 0 Å². The first-order valence-corrected chi connectivity index (χ1v) is 18.0. The van der Waals surface area contributed by atoms with Gasteiger partial charge in [-0.05, 0) is 95.7 Å². The fraction of sp³-hybridized carbons (Fsp3) is 1.00. The zero-order valence-corrected chi connectivity index (χ0v) is 32.9. The molecule has 0 spiro atoms. The van der Waals surface area contributed by atoms with Crippen molar-refractivity contribution in [2.75, 3.05) is 0 Å². The topological polar surface area (TPSA) is 0 Å². The van der Waals surface area contributed by atoms with Gasteiger partial charge >= 0.3 is 0 Å². The summed E-state index contributed by atoms with van der Waals surface area (Å²) < 4.78 is 0. The molecule has 40 heavy (non-hydrogen) atoms. The predicted molar refractivity (Wildman–Crippen MR) is 192 cm³/mol. The van der Waals surface area contributed by atoms with Crippen LogP contribution in [0.1, 0.15) is 178 Å². The Morgan fingerprint density at radius 3 is 0.700 bits per heavy atom. The summed E-state index contributed by atoms with van der Waals surface area (Å²) in [6.07, 6.45) is 5.54. The number of hydrogen-bond donors (Lipinski definition) is 0. The van der Waals surface area contributed by atoms with E-state index in [1.165, 1.54) is 25.7 Å². The van der Waals surface area contributed by atoms with E-state index in [0.717, 1.165) is 82.9 Å². The molecular weight excluding hydrogens is 480 g/mol. The molecule has 0 fully saturated rings. The van der Waals surface area contributed by atoms with Crippen LogP contribution in [0.3, 0.4) is 0 Å². The molecule has 0 radical (unpaired) electrons. The van der Waals surface area contributed by atoms with Gasteiger partial charge in [-0.15, -0.1) is 0 Å². The number of rotatable bonds is 14. The lowest BCUT2D eigenvalue weighted by atomic mass is 9.80. The predicted octanol–water partition coefficient (Wildman–Crippen LogP) is 14.6. The molecule has 0 aromatic rings. The molecular formula is C40H88. The van der Waals surface area contributed by atoms with Gasteiger partial charge in [0.25, 0.3) is 0 Å². The molecule has 0 aliphatic heterocycles. The fourth-order valence-corrected chi connectivity index (χ4v) is 4.29. The van der Waals surface area contributed by atoms with Gasteiger partial charge in [0.1, 0.15) is 0 Å². The highest BCUT2D eigenvalue weighted by Crippen LogP contribution is 2.26. The summed E-state index contributed by atoms with van der Waals surface area (Å²) in [6, 6.07) is 0. The van der Waals surface area contributed by atoms with E-state index in [2.05, 4.69) is 152 Å². The second-order valence-corrected chi connectivity index (χ2v) is 16.9. The van der Waals surface area contributed by atoms with Crippen molar-refractivity contribution in [2.45, 2.75) is 178 Å². The van der Waals surface area contributed by atoms with Gasteiger partial charge in [-0.25, -0.2) is 0 Å². The van der Waals surface area contributed by atoms with Crippen molar-refractivity contribution >= 4 is 0 Å². The lowest BCUT2D eigenvalue weighted by Gasteiger charge is -2.26. The Morgan fingerprint density at radius 2 is 0.525 bits per heavy atom. The van der Waals surface area contributed by atoms with Crippen LogP contribution in [0.5, 0.6) is 0 Å². The quantitative estimate of drug-likeness (QED) is 0.195. The third-order valence-corrected chi connectivity index (χ3v) is 10.3. The smallest absolute Gasteiger partial charge is 0.0391 e. The molecule has 0 aromatic carbocycles. The van der Waals surface area contributed by atoms with Gasteiger partial charge in [0.2, 0.25) is 0 Å². The summed E-state index contributed by atoms with van der Waals surface area (Å²) >= 11 is 0. The number of hydrogen-bond acceptors (Lipinski definition) is 0. The van der Waals surface area contributed by atoms with Crippen molar-refractivity contribution in [1.82, 2.24) is 0 Å². The molecule has 0 saturated carbocycles. The zero-order chi connectivity index (χ0) is 32.9. The van der Waals surface area contributed by atoms with Crippen LogP contribution >= 0.6 is 0 Å². The zero-order valence-electron chi connectivity index (χ0n) is 32.9. The van der Waals surface area contributed by atoms with Gasteiger partial charge in [0, 0.05) is 0 Å². The average molecular weight is 569 g/mol. The van der Waals surface area contributed by atoms with Crippen LogP contribution in [0.4, 0.5) is 0 Å². The molecule has 0 aliphatic carbocycles. The highest BCUT2D eigenvalue weighted by molar-refractivity contribution is 4.67. The van der Waals surface area contributed by atoms with Gasteiger partial charge in [-0.2, -0.15) is 0 Å². The Morgan fingerprint density at radius 1 is 0.250 bits per heavy atom. The van der Waals surface area contributed by atoms with Crippen LogP contribution in [-0.2, 0) is 0 Å². The maximum absolute atomic E-state index is 2.36. The minimum atomic E-state index is 0.831. The van der Waals surface area contributed by atoms with E-state index < -0.39 is 0 Å². The molecule has 0 heteroatoms. The molecule has 0 aliphatic rings. The van der Waals surface area contributed by atoms with Crippen molar-refractivity contribution in [1.29, 1.82) is 0 Å². The maximum atomic E-state index is 2.36. The molecule has 0 heterocycles. The molecule has 0 rings (SSSR count). The first kappa shape index (κ1) is 46.9. The summed E-state index contributed by atoms with van der Waals surface area (Å²) in [5.74, 6) is 12.1. The summed E-state index contributed by atoms with van der Waals surface area (Å²) in [6.45, 7) is 51.0. The summed E-state index contributed by atoms with van der Waals surface area (Å²) in [5.41, 5.74) is 0. The molecule has 248 valence electrons. The molecule has 0 saturated heterocycles. The van der Waals surface area contributed by atoms with Gasteiger partial charge < -0.3 is 0 Å². The highest BCUT2D eigenvalue weighted by atomic mass is 14.2. The monoisotopic (exact) mass is 569 g/mol. The van der Waals surface area contributed by atoms with Gasteiger partial charge in [0.15, 0.2) is 0 Å². The Balaban J connectivity index is -0.000000217. The normalized spacial score (nSPS) is 16.4. The van der Waals surface area contributed by atoms with E-state index in [1.54, 1.807) is 0 Å². The van der Waals surface area contributed by atoms with Crippen molar-refractivity contribution in [3.8, 4) is 0 Å². The largest absolute Gasteiger partial charge is 0.0628 e. The Hall–Kier alpha value is 0. The highest BCUT2D eigenvalue weighted by Gasteiger charge is 2.18. The van der Waals surface area contributed by atoms with E-state index in [9.17, 15) is 0 Å². The average Bonchev–Trinajstić information content (AvgIpc) is 2.81. The second-order valence-electron chi connectivity index (χ2n) is 16.9. The van der Waals surface area contributed by atoms with Crippen LogP contribution in [-0.4, -0.2) is 0 Å². The van der Waals surface area contributed by atoms with Crippen molar-refractivity contribution < 1.29 is 0 Å². The van der Waals surface area contributed by atoms with Crippen LogP contribution in [0, 0.1) is 82.9 Å². The Kier molecular flexibility index (Phi) is 31.2. The third-order valence-electron chi connectivity index (χ3n) is 10.3. The minimum Gasteiger partial charge on any atom is -0.0628 e. The summed E-state index contributed by atoms with van der Waals surface area (Å²) in [7, 11) is 0. The Bertz CT molecular complexity index is 468. The van der Waals surface area contributed by atoms with E-state index in [1.807, 2.05) is 0 Å². The lowest BCUT2D eigenvalue weighted by Crippen LogP contribution is -2.18. The molecule has 0 bridgehead atoms. The SMILES string of the molecule is CC(C)C(C)C(C)C(C)C.CC(C)C(C)CC(C)C(C)C.CC(C)CC(C)C(C)C.CC(C)CCC(C)C(C)C. The van der Waals surface area contributed by atoms with Crippen molar-refractivity contribution in [2.24, 2.45) is 82.9 Å². The molecule has 0 N–H and O–H groups in total. The van der Waals surface area contributed by atoms with E-state index in [4.69, 9.17) is 0 Å². The molecule has 0 aromatic heterocycles. The van der Waals surface area contributed by atoms with Crippen LogP contribution in [0.2, 0.25) is 0 Å². The summed E-state index contributed by atoms with van der Waals surface area (Å²) in [5, 5.41) is 0. The van der Waals surface area contributed by atoms with Crippen LogP contribution in [0.25, 0.3) is 0 Å². The van der Waals surface area contributed by atoms with Gasteiger partial charge in [-0.1, -0.05) is 165 Å². The van der Waals surface area contributed by atoms with E-state index in [-0.39, 0.29) is 0 Å². The first-order valence-electron chi connectivity index (χ1n) is 18.0. The van der Waals surface area contributed by atoms with Crippen LogP contribution in [0.15, 0.2) is 0 Å². The molecule has 6 unspecified atom stereocenters. The second kappa shape index (κ2) is 26.6.